The first-order valence-electron chi connectivity index (χ1n) is 9.63. The van der Waals surface area contributed by atoms with Gasteiger partial charge >= 0.3 is 0 Å². The lowest BCUT2D eigenvalue weighted by Crippen LogP contribution is -2.56. The van der Waals surface area contributed by atoms with Crippen molar-refractivity contribution in [2.45, 2.75) is 26.4 Å². The average molecular weight is 430 g/mol. The lowest BCUT2D eigenvalue weighted by Gasteiger charge is -2.40. The number of rotatable bonds is 3. The number of halogens is 2. The maximum absolute atomic E-state index is 14.0. The van der Waals surface area contributed by atoms with Gasteiger partial charge in [-0.3, -0.25) is 24.1 Å². The number of aryl methyl sites for hydroxylation is 1. The molecule has 2 bridgehead atoms. The molecule has 0 fully saturated rings. The van der Waals surface area contributed by atoms with Crippen molar-refractivity contribution in [1.29, 1.82) is 0 Å². The maximum Gasteiger partial charge on any atom is 0.278 e. The first-order chi connectivity index (χ1) is 14.7. The molecule has 2 aliphatic heterocycles. The normalized spacial score (nSPS) is 17.4. The lowest BCUT2D eigenvalue weighted by atomic mass is 10.1. The summed E-state index contributed by atoms with van der Waals surface area (Å²) in [4.78, 5) is 39.5. The van der Waals surface area contributed by atoms with Crippen molar-refractivity contribution in [2.75, 3.05) is 18.2 Å². The fourth-order valence-corrected chi connectivity index (χ4v) is 3.72. The van der Waals surface area contributed by atoms with Crippen molar-refractivity contribution >= 4 is 11.8 Å². The zero-order valence-corrected chi connectivity index (χ0v) is 16.9. The number of hydrogen-bond acceptors (Lipinski definition) is 5. The van der Waals surface area contributed by atoms with Crippen LogP contribution in [0.2, 0.25) is 0 Å². The van der Waals surface area contributed by atoms with E-state index < -0.39 is 46.7 Å². The second-order valence-electron chi connectivity index (χ2n) is 7.58. The molecule has 0 spiro atoms. The Morgan fingerprint density at radius 3 is 2.61 bits per heavy atom. The predicted octanol–water partition coefficient (Wildman–Crippen LogP) is 1.38. The van der Waals surface area contributed by atoms with Crippen molar-refractivity contribution < 1.29 is 23.5 Å². The number of benzene rings is 1. The van der Waals surface area contributed by atoms with E-state index in [1.165, 1.54) is 22.7 Å². The number of fused-ring (bicyclic) bond motifs is 4. The van der Waals surface area contributed by atoms with Gasteiger partial charge in [0, 0.05) is 24.8 Å². The summed E-state index contributed by atoms with van der Waals surface area (Å²) >= 11 is 0. The molecule has 1 atom stereocenters. The average Bonchev–Trinajstić information content (AvgIpc) is 2.87. The van der Waals surface area contributed by atoms with Crippen molar-refractivity contribution in [3.05, 3.63) is 74.7 Å². The molecular weight excluding hydrogens is 410 g/mol. The first kappa shape index (κ1) is 20.6. The Labute approximate surface area is 176 Å². The van der Waals surface area contributed by atoms with E-state index in [1.54, 1.807) is 5.01 Å². The van der Waals surface area contributed by atoms with Crippen LogP contribution < -0.4 is 15.8 Å². The van der Waals surface area contributed by atoms with E-state index in [9.17, 15) is 28.3 Å². The van der Waals surface area contributed by atoms with Gasteiger partial charge in [0.25, 0.3) is 11.8 Å². The predicted molar refractivity (Wildman–Crippen MR) is 107 cm³/mol. The van der Waals surface area contributed by atoms with E-state index in [4.69, 9.17) is 0 Å². The molecule has 162 valence electrons. The van der Waals surface area contributed by atoms with Crippen LogP contribution in [0.5, 0.6) is 5.75 Å². The summed E-state index contributed by atoms with van der Waals surface area (Å²) < 4.78 is 29.4. The summed E-state index contributed by atoms with van der Waals surface area (Å²) in [6.07, 6.45) is 4.84. The number of aromatic nitrogens is 1. The van der Waals surface area contributed by atoms with Gasteiger partial charge in [0.2, 0.25) is 5.43 Å². The van der Waals surface area contributed by atoms with Gasteiger partial charge < -0.3 is 15.3 Å². The molecule has 0 saturated carbocycles. The Balaban J connectivity index is 1.70. The fraction of sp³-hybridized carbons (Fsp3) is 0.286. The van der Waals surface area contributed by atoms with Gasteiger partial charge in [0.15, 0.2) is 11.4 Å². The van der Waals surface area contributed by atoms with Crippen LogP contribution in [0.25, 0.3) is 0 Å². The quantitative estimate of drug-likeness (QED) is 0.718. The molecule has 2 amide bonds. The van der Waals surface area contributed by atoms with Gasteiger partial charge in [-0.15, -0.1) is 0 Å². The van der Waals surface area contributed by atoms with Crippen molar-refractivity contribution in [3.63, 3.8) is 0 Å². The Morgan fingerprint density at radius 1 is 1.26 bits per heavy atom. The third-order valence-corrected chi connectivity index (χ3v) is 5.41. The molecule has 2 N–H and O–H groups in total. The monoisotopic (exact) mass is 430 g/mol. The first-order valence-corrected chi connectivity index (χ1v) is 9.63. The number of nitrogens with zero attached hydrogens (tertiary/aromatic N) is 3. The van der Waals surface area contributed by atoms with Gasteiger partial charge in [-0.25, -0.2) is 8.78 Å². The SMILES string of the molecule is Cc1cc(F)c(CNC(=O)c2cn3c(c(O)c2=O)C(=O)N2CC=C[C@@H](C)N3C2)c(F)c1. The Kier molecular flexibility index (Phi) is 5.00. The standard InChI is InChI=1S/C21H20F2N4O4/c1-11-6-15(22)13(16(23)7-11)8-24-20(30)14-9-26-17(19(29)18(14)28)21(31)25-5-3-4-12(2)27(26)10-25/h3-4,6-7,9,12,29H,5,8,10H2,1-2H3,(H,24,30)/t12-/m1/s1. The molecule has 0 aliphatic carbocycles. The van der Waals surface area contributed by atoms with Gasteiger partial charge in [-0.1, -0.05) is 12.2 Å². The van der Waals surface area contributed by atoms with E-state index in [1.807, 2.05) is 19.1 Å². The van der Waals surface area contributed by atoms with E-state index in [-0.39, 0.29) is 24.0 Å². The summed E-state index contributed by atoms with van der Waals surface area (Å²) in [7, 11) is 0. The van der Waals surface area contributed by atoms with Crippen LogP contribution in [0, 0.1) is 18.6 Å². The molecule has 31 heavy (non-hydrogen) atoms. The van der Waals surface area contributed by atoms with E-state index in [2.05, 4.69) is 5.32 Å². The molecule has 2 aromatic rings. The third-order valence-electron chi connectivity index (χ3n) is 5.41. The van der Waals surface area contributed by atoms with E-state index in [0.29, 0.717) is 12.1 Å². The summed E-state index contributed by atoms with van der Waals surface area (Å²) in [6, 6.07) is 2.08. The highest BCUT2D eigenvalue weighted by Crippen LogP contribution is 2.24. The molecular formula is C21H20F2N4O4. The topological polar surface area (TPSA) is 94.9 Å². The number of amides is 2. The van der Waals surface area contributed by atoms with Gasteiger partial charge in [-0.05, 0) is 31.5 Å². The van der Waals surface area contributed by atoms with Crippen molar-refractivity contribution in [3.8, 4) is 5.75 Å². The molecule has 0 saturated heterocycles. The zero-order valence-electron chi connectivity index (χ0n) is 16.9. The van der Waals surface area contributed by atoms with Crippen LogP contribution in [0.4, 0.5) is 8.78 Å². The lowest BCUT2D eigenvalue weighted by molar-refractivity contribution is 0.0707. The van der Waals surface area contributed by atoms with Crippen LogP contribution in [0.15, 0.2) is 35.3 Å². The smallest absolute Gasteiger partial charge is 0.278 e. The molecule has 10 heteroatoms. The molecule has 8 nitrogen and oxygen atoms in total. The number of carbonyl (C=O) groups excluding carboxylic acids is 2. The summed E-state index contributed by atoms with van der Waals surface area (Å²) in [6.45, 7) is 3.42. The highest BCUT2D eigenvalue weighted by molar-refractivity contribution is 5.99. The Morgan fingerprint density at radius 2 is 1.94 bits per heavy atom. The minimum Gasteiger partial charge on any atom is -0.502 e. The highest BCUT2D eigenvalue weighted by atomic mass is 19.1. The van der Waals surface area contributed by atoms with Crippen LogP contribution >= 0.6 is 0 Å². The van der Waals surface area contributed by atoms with E-state index in [0.717, 1.165) is 12.1 Å². The zero-order chi connectivity index (χ0) is 22.4. The fourth-order valence-electron chi connectivity index (χ4n) is 3.72. The van der Waals surface area contributed by atoms with Gasteiger partial charge in [0.1, 0.15) is 23.9 Å². The highest BCUT2D eigenvalue weighted by Gasteiger charge is 2.36. The molecule has 3 heterocycles. The largest absolute Gasteiger partial charge is 0.502 e. The Bertz CT molecular complexity index is 1170. The minimum absolute atomic E-state index is 0.189. The molecule has 1 aromatic heterocycles. The minimum atomic E-state index is -1.04. The second kappa shape index (κ2) is 7.53. The Hall–Kier alpha value is -3.69. The number of pyridine rings is 1. The molecule has 0 unspecified atom stereocenters. The summed E-state index contributed by atoms with van der Waals surface area (Å²) in [5.41, 5.74) is -1.68. The van der Waals surface area contributed by atoms with Crippen molar-refractivity contribution in [1.82, 2.24) is 14.9 Å². The molecule has 1 aromatic carbocycles. The second-order valence-corrected chi connectivity index (χ2v) is 7.58. The third kappa shape index (κ3) is 3.43. The van der Waals surface area contributed by atoms with Crippen LogP contribution in [0.1, 0.15) is 38.9 Å². The van der Waals surface area contributed by atoms with Gasteiger partial charge in [0.05, 0.1) is 6.04 Å². The van der Waals surface area contributed by atoms with Gasteiger partial charge in [-0.2, -0.15) is 0 Å². The van der Waals surface area contributed by atoms with E-state index >= 15 is 0 Å². The molecule has 4 rings (SSSR count). The molecule has 2 aliphatic rings. The molecule has 0 radical (unpaired) electrons. The summed E-state index contributed by atoms with van der Waals surface area (Å²) in [5.74, 6) is -3.96. The van der Waals surface area contributed by atoms with Crippen molar-refractivity contribution in [2.24, 2.45) is 0 Å². The van der Waals surface area contributed by atoms with Crippen LogP contribution in [-0.2, 0) is 6.54 Å². The van der Waals surface area contributed by atoms with Crippen LogP contribution in [-0.4, -0.2) is 45.8 Å². The summed E-state index contributed by atoms with van der Waals surface area (Å²) in [5, 5.41) is 14.5. The van der Waals surface area contributed by atoms with Crippen LogP contribution in [0.3, 0.4) is 0 Å². The number of nitrogens with one attached hydrogen (secondary N) is 1. The number of carbonyl (C=O) groups is 2. The number of hydrogen-bond donors (Lipinski definition) is 2. The number of aromatic hydroxyl groups is 1. The maximum atomic E-state index is 14.0.